The van der Waals surface area contributed by atoms with Gasteiger partial charge < -0.3 is 14.2 Å². The molecule has 1 aliphatic heterocycles. The lowest BCUT2D eigenvalue weighted by molar-refractivity contribution is -0.137. The molecule has 1 aliphatic rings. The van der Waals surface area contributed by atoms with Crippen molar-refractivity contribution in [3.05, 3.63) is 21.9 Å². The molecule has 0 saturated carbocycles. The molecular formula is C11H8BrFO5. The zero-order valence-corrected chi connectivity index (χ0v) is 10.9. The Balaban J connectivity index is 2.50. The van der Waals surface area contributed by atoms with Gasteiger partial charge in [-0.1, -0.05) is 0 Å². The van der Waals surface area contributed by atoms with Crippen LogP contribution in [0, 0.1) is 5.82 Å². The van der Waals surface area contributed by atoms with Gasteiger partial charge in [-0.05, 0) is 22.9 Å². The molecular weight excluding hydrogens is 311 g/mol. The quantitative estimate of drug-likeness (QED) is 0.485. The molecule has 0 bridgehead atoms. The van der Waals surface area contributed by atoms with E-state index in [-0.39, 0.29) is 29.4 Å². The van der Waals surface area contributed by atoms with Gasteiger partial charge in [0.15, 0.2) is 17.3 Å². The lowest BCUT2D eigenvalue weighted by Gasteiger charge is -2.07. The third-order valence-electron chi connectivity index (χ3n) is 2.24. The van der Waals surface area contributed by atoms with Gasteiger partial charge in [-0.2, -0.15) is 0 Å². The minimum atomic E-state index is -1.13. The number of rotatable bonds is 3. The van der Waals surface area contributed by atoms with Crippen molar-refractivity contribution in [2.24, 2.45) is 0 Å². The van der Waals surface area contributed by atoms with Gasteiger partial charge in [0.2, 0.25) is 6.79 Å². The minimum Gasteiger partial charge on any atom is -0.460 e. The summed E-state index contributed by atoms with van der Waals surface area (Å²) in [5, 5.41) is 0. The van der Waals surface area contributed by atoms with Crippen molar-refractivity contribution in [1.29, 1.82) is 0 Å². The summed E-state index contributed by atoms with van der Waals surface area (Å²) in [5.74, 6) is -2.98. The van der Waals surface area contributed by atoms with Crippen LogP contribution in [0.4, 0.5) is 4.39 Å². The number of esters is 1. The third kappa shape index (κ3) is 2.05. The first-order valence-electron chi connectivity index (χ1n) is 5.05. The number of ketones is 1. The highest BCUT2D eigenvalue weighted by Crippen LogP contribution is 2.40. The maximum atomic E-state index is 13.9. The summed E-state index contributed by atoms with van der Waals surface area (Å²) in [7, 11) is 0. The molecule has 0 unspecified atom stereocenters. The molecule has 0 fully saturated rings. The van der Waals surface area contributed by atoms with Crippen LogP contribution in [0.15, 0.2) is 10.5 Å². The molecule has 0 atom stereocenters. The Morgan fingerprint density at radius 3 is 2.89 bits per heavy atom. The van der Waals surface area contributed by atoms with Crippen LogP contribution >= 0.6 is 15.9 Å². The molecule has 0 spiro atoms. The Labute approximate surface area is 110 Å². The second kappa shape index (κ2) is 4.93. The van der Waals surface area contributed by atoms with Gasteiger partial charge in [0, 0.05) is 6.07 Å². The summed E-state index contributed by atoms with van der Waals surface area (Å²) >= 11 is 2.94. The van der Waals surface area contributed by atoms with Gasteiger partial charge in [0.05, 0.1) is 11.1 Å². The number of hydrogen-bond acceptors (Lipinski definition) is 5. The Hall–Kier alpha value is -1.63. The van der Waals surface area contributed by atoms with E-state index in [0.717, 1.165) is 0 Å². The Kier molecular flexibility index (Phi) is 3.51. The van der Waals surface area contributed by atoms with Crippen LogP contribution in [0.3, 0.4) is 0 Å². The number of benzene rings is 1. The van der Waals surface area contributed by atoms with Crippen LogP contribution in [-0.2, 0) is 9.53 Å². The topological polar surface area (TPSA) is 61.8 Å². The van der Waals surface area contributed by atoms with Crippen molar-refractivity contribution in [1.82, 2.24) is 0 Å². The number of ether oxygens (including phenoxy) is 3. The predicted molar refractivity (Wildman–Crippen MR) is 61.2 cm³/mol. The first-order valence-corrected chi connectivity index (χ1v) is 5.84. The van der Waals surface area contributed by atoms with Gasteiger partial charge in [0.1, 0.15) is 5.56 Å². The van der Waals surface area contributed by atoms with Crippen LogP contribution in [0.25, 0.3) is 0 Å². The van der Waals surface area contributed by atoms with Gasteiger partial charge in [-0.25, -0.2) is 9.18 Å². The highest BCUT2D eigenvalue weighted by atomic mass is 79.9. The number of carbonyl (C=O) groups excluding carboxylic acids is 2. The first-order chi connectivity index (χ1) is 8.56. The SMILES string of the molecule is CCOC(=O)C(=O)c1c(F)c(Br)cc2c1OCO2. The first kappa shape index (κ1) is 12.8. The second-order valence-electron chi connectivity index (χ2n) is 3.33. The van der Waals surface area contributed by atoms with E-state index in [1.54, 1.807) is 6.92 Å². The summed E-state index contributed by atoms with van der Waals surface area (Å²) in [6, 6.07) is 1.33. The van der Waals surface area contributed by atoms with E-state index in [1.807, 2.05) is 0 Å². The van der Waals surface area contributed by atoms with Crippen LogP contribution < -0.4 is 9.47 Å². The van der Waals surface area contributed by atoms with Gasteiger partial charge in [-0.3, -0.25) is 4.79 Å². The molecule has 0 aromatic heterocycles. The maximum absolute atomic E-state index is 13.9. The minimum absolute atomic E-state index is 0.0133. The average Bonchev–Trinajstić information content (AvgIpc) is 2.77. The molecule has 0 amide bonds. The van der Waals surface area contributed by atoms with Gasteiger partial charge in [-0.15, -0.1) is 0 Å². The Morgan fingerprint density at radius 2 is 2.22 bits per heavy atom. The molecule has 0 N–H and O–H groups in total. The highest BCUT2D eigenvalue weighted by Gasteiger charge is 2.32. The standard InChI is InChI=1S/C11H8BrFO5/c1-2-16-11(15)9(14)7-8(13)5(12)3-6-10(7)18-4-17-6/h3H,2,4H2,1H3. The van der Waals surface area contributed by atoms with E-state index < -0.39 is 23.1 Å². The molecule has 96 valence electrons. The summed E-state index contributed by atoms with van der Waals surface area (Å²) in [6.07, 6.45) is 0. The largest absolute Gasteiger partial charge is 0.460 e. The third-order valence-corrected chi connectivity index (χ3v) is 2.82. The molecule has 18 heavy (non-hydrogen) atoms. The molecule has 1 aromatic rings. The van der Waals surface area contributed by atoms with E-state index >= 15 is 0 Å². The molecule has 2 rings (SSSR count). The number of hydrogen-bond donors (Lipinski definition) is 0. The normalized spacial score (nSPS) is 12.4. The number of carbonyl (C=O) groups is 2. The van der Waals surface area contributed by atoms with Gasteiger partial charge >= 0.3 is 5.97 Å². The Morgan fingerprint density at radius 1 is 1.50 bits per heavy atom. The van der Waals surface area contributed by atoms with Crippen LogP contribution in [-0.4, -0.2) is 25.2 Å². The van der Waals surface area contributed by atoms with E-state index in [1.165, 1.54) is 6.07 Å². The second-order valence-corrected chi connectivity index (χ2v) is 4.19. The molecule has 1 heterocycles. The number of halogens is 2. The fourth-order valence-electron chi connectivity index (χ4n) is 1.49. The molecule has 0 saturated heterocycles. The summed E-state index contributed by atoms with van der Waals surface area (Å²) in [6.45, 7) is 1.45. The van der Waals surface area contributed by atoms with E-state index in [0.29, 0.717) is 0 Å². The van der Waals surface area contributed by atoms with Crippen molar-refractivity contribution < 1.29 is 28.2 Å². The van der Waals surface area contributed by atoms with Crippen LogP contribution in [0.5, 0.6) is 11.5 Å². The molecule has 1 aromatic carbocycles. The molecule has 7 heteroatoms. The summed E-state index contributed by atoms with van der Waals surface area (Å²) in [4.78, 5) is 23.2. The fraction of sp³-hybridized carbons (Fsp3) is 0.273. The zero-order valence-electron chi connectivity index (χ0n) is 9.29. The van der Waals surface area contributed by atoms with E-state index in [2.05, 4.69) is 20.7 Å². The molecule has 5 nitrogen and oxygen atoms in total. The zero-order chi connectivity index (χ0) is 13.3. The Bertz CT molecular complexity index is 529. The predicted octanol–water partition coefficient (Wildman–Crippen LogP) is 2.06. The van der Waals surface area contributed by atoms with Crippen LogP contribution in [0.2, 0.25) is 0 Å². The maximum Gasteiger partial charge on any atom is 0.379 e. The van der Waals surface area contributed by atoms with Crippen LogP contribution in [0.1, 0.15) is 17.3 Å². The lowest BCUT2D eigenvalue weighted by atomic mass is 10.1. The number of Topliss-reactive ketones (excluding diaryl/α,β-unsaturated/α-hetero) is 1. The van der Waals surface area contributed by atoms with Crippen molar-refractivity contribution in [3.8, 4) is 11.5 Å². The lowest BCUT2D eigenvalue weighted by Crippen LogP contribution is -2.19. The molecule has 0 aliphatic carbocycles. The average molecular weight is 319 g/mol. The van der Waals surface area contributed by atoms with Crippen molar-refractivity contribution in [3.63, 3.8) is 0 Å². The van der Waals surface area contributed by atoms with Gasteiger partial charge in [0.25, 0.3) is 5.78 Å². The fourth-order valence-corrected chi connectivity index (χ4v) is 1.90. The molecule has 0 radical (unpaired) electrons. The highest BCUT2D eigenvalue weighted by molar-refractivity contribution is 9.10. The monoisotopic (exact) mass is 318 g/mol. The summed E-state index contributed by atoms with van der Waals surface area (Å²) in [5.41, 5.74) is -0.477. The van der Waals surface area contributed by atoms with Crippen molar-refractivity contribution in [2.75, 3.05) is 13.4 Å². The number of fused-ring (bicyclic) bond motifs is 1. The van der Waals surface area contributed by atoms with E-state index in [4.69, 9.17) is 9.47 Å². The smallest absolute Gasteiger partial charge is 0.379 e. The van der Waals surface area contributed by atoms with Crippen molar-refractivity contribution >= 4 is 27.7 Å². The van der Waals surface area contributed by atoms with Crippen molar-refractivity contribution in [2.45, 2.75) is 6.92 Å². The van der Waals surface area contributed by atoms with E-state index in [9.17, 15) is 14.0 Å². The summed E-state index contributed by atoms with van der Waals surface area (Å²) < 4.78 is 28.5.